The summed E-state index contributed by atoms with van der Waals surface area (Å²) in [5, 5.41) is 3.47. The highest BCUT2D eigenvalue weighted by molar-refractivity contribution is 7.09. The van der Waals surface area contributed by atoms with E-state index in [9.17, 15) is 4.79 Å². The summed E-state index contributed by atoms with van der Waals surface area (Å²) in [6.45, 7) is 3.04. The van der Waals surface area contributed by atoms with Crippen molar-refractivity contribution >= 4 is 17.1 Å². The molecule has 2 heterocycles. The zero-order valence-electron chi connectivity index (χ0n) is 13.7. The Morgan fingerprint density at radius 1 is 1.29 bits per heavy atom. The van der Waals surface area contributed by atoms with E-state index in [1.165, 1.54) is 17.8 Å². The molecular formula is C19H22N2O2S. The highest BCUT2D eigenvalue weighted by Gasteiger charge is 2.29. The van der Waals surface area contributed by atoms with E-state index in [1.54, 1.807) is 11.3 Å². The maximum Gasteiger partial charge on any atom is 0.164 e. The van der Waals surface area contributed by atoms with Gasteiger partial charge in [-0.15, -0.1) is 11.3 Å². The molecule has 1 unspecified atom stereocenters. The summed E-state index contributed by atoms with van der Waals surface area (Å²) < 4.78 is 5.63. The molecule has 1 aliphatic heterocycles. The van der Waals surface area contributed by atoms with Crippen LogP contribution in [0.4, 0.5) is 0 Å². The molecule has 1 saturated carbocycles. The van der Waals surface area contributed by atoms with Crippen LogP contribution in [0.3, 0.4) is 0 Å². The van der Waals surface area contributed by atoms with Crippen LogP contribution in [0.25, 0.3) is 0 Å². The third-order valence-corrected chi connectivity index (χ3v) is 5.78. The molecule has 126 valence electrons. The second-order valence-corrected chi connectivity index (χ2v) is 7.53. The van der Waals surface area contributed by atoms with Gasteiger partial charge in [-0.2, -0.15) is 0 Å². The number of rotatable bonds is 6. The second kappa shape index (κ2) is 7.13. The Balaban J connectivity index is 1.41. The molecule has 0 spiro atoms. The fourth-order valence-corrected chi connectivity index (χ4v) is 4.14. The summed E-state index contributed by atoms with van der Waals surface area (Å²) in [4.78, 5) is 19.7. The van der Waals surface area contributed by atoms with E-state index in [1.807, 2.05) is 30.3 Å². The number of nitrogens with zero attached hydrogens (tertiary/aromatic N) is 2. The van der Waals surface area contributed by atoms with Crippen molar-refractivity contribution in [2.24, 2.45) is 0 Å². The van der Waals surface area contributed by atoms with E-state index >= 15 is 0 Å². The Morgan fingerprint density at radius 2 is 2.12 bits per heavy atom. The summed E-state index contributed by atoms with van der Waals surface area (Å²) in [6, 6.07) is 9.68. The van der Waals surface area contributed by atoms with Gasteiger partial charge in [0.25, 0.3) is 0 Å². The van der Waals surface area contributed by atoms with Crippen LogP contribution in [-0.4, -0.2) is 41.5 Å². The van der Waals surface area contributed by atoms with Crippen LogP contribution < -0.4 is 0 Å². The quantitative estimate of drug-likeness (QED) is 0.754. The number of ketones is 1. The largest absolute Gasteiger partial charge is 0.378 e. The molecule has 1 atom stereocenters. The highest BCUT2D eigenvalue weighted by atomic mass is 32.1. The molecule has 1 saturated heterocycles. The number of hydrogen-bond acceptors (Lipinski definition) is 5. The lowest BCUT2D eigenvalue weighted by molar-refractivity contribution is -0.0130. The summed E-state index contributed by atoms with van der Waals surface area (Å²) >= 11 is 1.78. The van der Waals surface area contributed by atoms with E-state index in [0.717, 1.165) is 31.0 Å². The normalized spacial score (nSPS) is 21.8. The standard InChI is InChI=1S/C19H22N2O2S/c22-18(14-4-2-1-3-5-14)10-17-12-23-9-8-21(17)11-16-13-24-19(20-16)15-6-7-15/h1-5,13,15,17H,6-12H2. The van der Waals surface area contributed by atoms with Gasteiger partial charge in [-0.25, -0.2) is 4.98 Å². The smallest absolute Gasteiger partial charge is 0.164 e. The summed E-state index contributed by atoms with van der Waals surface area (Å²) in [7, 11) is 0. The lowest BCUT2D eigenvalue weighted by Gasteiger charge is -2.34. The summed E-state index contributed by atoms with van der Waals surface area (Å²) in [5.74, 6) is 0.900. The van der Waals surface area contributed by atoms with Crippen molar-refractivity contribution < 1.29 is 9.53 Å². The SMILES string of the molecule is O=C(CC1COCCN1Cc1csc(C2CC2)n1)c1ccccc1. The van der Waals surface area contributed by atoms with Crippen LogP contribution in [0.2, 0.25) is 0 Å². The number of morpholine rings is 1. The summed E-state index contributed by atoms with van der Waals surface area (Å²) in [5.41, 5.74) is 1.92. The van der Waals surface area contributed by atoms with Crippen molar-refractivity contribution in [1.29, 1.82) is 0 Å². The van der Waals surface area contributed by atoms with Crippen LogP contribution >= 0.6 is 11.3 Å². The van der Waals surface area contributed by atoms with Gasteiger partial charge in [0, 0.05) is 42.4 Å². The Morgan fingerprint density at radius 3 is 2.92 bits per heavy atom. The van der Waals surface area contributed by atoms with Crippen molar-refractivity contribution in [1.82, 2.24) is 9.88 Å². The molecule has 1 aromatic carbocycles. The topological polar surface area (TPSA) is 42.4 Å². The molecule has 0 N–H and O–H groups in total. The Hall–Kier alpha value is -1.56. The first-order chi connectivity index (χ1) is 11.8. The van der Waals surface area contributed by atoms with Gasteiger partial charge in [-0.3, -0.25) is 9.69 Å². The van der Waals surface area contributed by atoms with E-state index < -0.39 is 0 Å². The van der Waals surface area contributed by atoms with Crippen molar-refractivity contribution in [3.8, 4) is 0 Å². The van der Waals surface area contributed by atoms with Gasteiger partial charge in [0.05, 0.1) is 23.9 Å². The number of Topliss-reactive ketones (excluding diaryl/α,β-unsaturated/α-hetero) is 1. The average Bonchev–Trinajstić information content (AvgIpc) is 3.37. The maximum absolute atomic E-state index is 12.5. The molecule has 1 aliphatic carbocycles. The van der Waals surface area contributed by atoms with Crippen molar-refractivity contribution in [2.75, 3.05) is 19.8 Å². The average molecular weight is 342 g/mol. The first-order valence-corrected chi connectivity index (χ1v) is 9.52. The molecule has 2 fully saturated rings. The van der Waals surface area contributed by atoms with Crippen LogP contribution in [0.15, 0.2) is 35.7 Å². The van der Waals surface area contributed by atoms with Crippen molar-refractivity contribution in [3.05, 3.63) is 52.0 Å². The first kappa shape index (κ1) is 15.9. The molecule has 4 rings (SSSR count). The maximum atomic E-state index is 12.5. The minimum atomic E-state index is 0.137. The van der Waals surface area contributed by atoms with Crippen LogP contribution in [0.1, 0.15) is 46.2 Å². The van der Waals surface area contributed by atoms with E-state index in [-0.39, 0.29) is 11.8 Å². The minimum absolute atomic E-state index is 0.137. The van der Waals surface area contributed by atoms with Crippen LogP contribution in [0, 0.1) is 0 Å². The third-order valence-electron chi connectivity index (χ3n) is 4.73. The van der Waals surface area contributed by atoms with Gasteiger partial charge in [-0.05, 0) is 12.8 Å². The molecule has 2 aromatic rings. The first-order valence-electron chi connectivity index (χ1n) is 8.64. The van der Waals surface area contributed by atoms with E-state index in [2.05, 4.69) is 10.3 Å². The highest BCUT2D eigenvalue weighted by Crippen LogP contribution is 2.41. The molecule has 0 bridgehead atoms. The third kappa shape index (κ3) is 3.74. The number of hydrogen-bond donors (Lipinski definition) is 0. The fourth-order valence-electron chi connectivity index (χ4n) is 3.16. The van der Waals surface area contributed by atoms with Gasteiger partial charge in [-0.1, -0.05) is 30.3 Å². The lowest BCUT2D eigenvalue weighted by atomic mass is 10.0. The molecular weight excluding hydrogens is 320 g/mol. The molecule has 0 radical (unpaired) electrons. The number of thiazole rings is 1. The van der Waals surface area contributed by atoms with Gasteiger partial charge in [0.1, 0.15) is 0 Å². The fraction of sp³-hybridized carbons (Fsp3) is 0.474. The zero-order valence-corrected chi connectivity index (χ0v) is 14.5. The number of carbonyl (C=O) groups excluding carboxylic acids is 1. The Labute approximate surface area is 146 Å². The number of aromatic nitrogens is 1. The Bertz CT molecular complexity index is 696. The van der Waals surface area contributed by atoms with E-state index in [0.29, 0.717) is 18.9 Å². The van der Waals surface area contributed by atoms with Gasteiger partial charge in [0.15, 0.2) is 5.78 Å². The number of carbonyl (C=O) groups is 1. The predicted octanol–water partition coefficient (Wildman–Crippen LogP) is 3.49. The molecule has 5 heteroatoms. The van der Waals surface area contributed by atoms with Gasteiger partial charge >= 0.3 is 0 Å². The monoisotopic (exact) mass is 342 g/mol. The molecule has 1 aromatic heterocycles. The number of benzene rings is 1. The predicted molar refractivity (Wildman–Crippen MR) is 94.5 cm³/mol. The molecule has 2 aliphatic rings. The van der Waals surface area contributed by atoms with E-state index in [4.69, 9.17) is 9.72 Å². The number of ether oxygens (including phenoxy) is 1. The zero-order chi connectivity index (χ0) is 16.4. The lowest BCUT2D eigenvalue weighted by Crippen LogP contribution is -2.45. The molecule has 24 heavy (non-hydrogen) atoms. The van der Waals surface area contributed by atoms with Crippen LogP contribution in [-0.2, 0) is 11.3 Å². The molecule has 4 nitrogen and oxygen atoms in total. The Kier molecular flexibility index (Phi) is 4.74. The van der Waals surface area contributed by atoms with Crippen molar-refractivity contribution in [2.45, 2.75) is 37.8 Å². The van der Waals surface area contributed by atoms with Gasteiger partial charge in [0.2, 0.25) is 0 Å². The van der Waals surface area contributed by atoms with Crippen molar-refractivity contribution in [3.63, 3.8) is 0 Å². The summed E-state index contributed by atoms with van der Waals surface area (Å²) in [6.07, 6.45) is 3.08. The molecule has 0 amide bonds. The van der Waals surface area contributed by atoms with Gasteiger partial charge < -0.3 is 4.74 Å². The van der Waals surface area contributed by atoms with Crippen LogP contribution in [0.5, 0.6) is 0 Å². The second-order valence-electron chi connectivity index (χ2n) is 6.64. The minimum Gasteiger partial charge on any atom is -0.378 e.